The third kappa shape index (κ3) is 4.23. The molecule has 19 heavy (non-hydrogen) atoms. The van der Waals surface area contributed by atoms with Crippen molar-refractivity contribution in [2.24, 2.45) is 28.6 Å². The van der Waals surface area contributed by atoms with Gasteiger partial charge in [-0.25, -0.2) is 0 Å². The van der Waals surface area contributed by atoms with E-state index in [0.29, 0.717) is 10.8 Å². The molecule has 0 aromatic carbocycles. The van der Waals surface area contributed by atoms with Crippen LogP contribution in [0.5, 0.6) is 0 Å². The Balaban J connectivity index is 5.29. The lowest BCUT2D eigenvalue weighted by molar-refractivity contribution is 0.0207. The molecular formula is C19H40. The molecule has 0 radical (unpaired) electrons. The van der Waals surface area contributed by atoms with Crippen molar-refractivity contribution in [3.8, 4) is 0 Å². The van der Waals surface area contributed by atoms with Crippen molar-refractivity contribution >= 4 is 0 Å². The van der Waals surface area contributed by atoms with Crippen LogP contribution in [0.3, 0.4) is 0 Å². The standard InChI is InChI=1S/C19H40/c1-10-16(7)19(12-3,13-4)14-18(9,11-2)17(8)15(5)6/h15-17H,10-14H2,1-9H3. The van der Waals surface area contributed by atoms with Crippen LogP contribution in [-0.4, -0.2) is 0 Å². The molecule has 116 valence electrons. The van der Waals surface area contributed by atoms with E-state index in [2.05, 4.69) is 62.3 Å². The minimum absolute atomic E-state index is 0.490. The molecule has 0 bridgehead atoms. The Hall–Kier alpha value is 0. The van der Waals surface area contributed by atoms with Gasteiger partial charge in [0.25, 0.3) is 0 Å². The van der Waals surface area contributed by atoms with Gasteiger partial charge in [0.05, 0.1) is 0 Å². The van der Waals surface area contributed by atoms with Crippen LogP contribution in [-0.2, 0) is 0 Å². The predicted octanol–water partition coefficient (Wildman–Crippen LogP) is 6.94. The summed E-state index contributed by atoms with van der Waals surface area (Å²) in [7, 11) is 0. The Kier molecular flexibility index (Phi) is 7.70. The van der Waals surface area contributed by atoms with Crippen molar-refractivity contribution in [2.75, 3.05) is 0 Å². The molecule has 0 saturated heterocycles. The average molecular weight is 269 g/mol. The molecule has 0 nitrogen and oxygen atoms in total. The normalized spacial score (nSPS) is 19.3. The summed E-state index contributed by atoms with van der Waals surface area (Å²) >= 11 is 0. The summed E-state index contributed by atoms with van der Waals surface area (Å²) in [6, 6.07) is 0. The Bertz CT molecular complexity index is 236. The molecule has 0 amide bonds. The zero-order valence-corrected chi connectivity index (χ0v) is 15.3. The molecule has 0 heterocycles. The molecular weight excluding hydrogens is 228 g/mol. The summed E-state index contributed by atoms with van der Waals surface area (Å²) in [6.45, 7) is 21.8. The second kappa shape index (κ2) is 7.70. The van der Waals surface area contributed by atoms with Crippen molar-refractivity contribution in [3.63, 3.8) is 0 Å². The van der Waals surface area contributed by atoms with Crippen LogP contribution in [0.15, 0.2) is 0 Å². The fourth-order valence-electron chi connectivity index (χ4n) is 4.02. The number of hydrogen-bond acceptors (Lipinski definition) is 0. The molecule has 0 aromatic heterocycles. The highest BCUT2D eigenvalue weighted by molar-refractivity contribution is 4.91. The quantitative estimate of drug-likeness (QED) is 0.425. The first kappa shape index (κ1) is 19.0. The summed E-state index contributed by atoms with van der Waals surface area (Å²) in [5, 5.41) is 0. The van der Waals surface area contributed by atoms with E-state index >= 15 is 0 Å². The van der Waals surface area contributed by atoms with Crippen LogP contribution in [0.2, 0.25) is 0 Å². The monoisotopic (exact) mass is 268 g/mol. The predicted molar refractivity (Wildman–Crippen MR) is 89.5 cm³/mol. The first-order valence-electron chi connectivity index (χ1n) is 8.72. The summed E-state index contributed by atoms with van der Waals surface area (Å²) < 4.78 is 0. The molecule has 0 spiro atoms. The van der Waals surface area contributed by atoms with Gasteiger partial charge in [-0.15, -0.1) is 0 Å². The minimum Gasteiger partial charge on any atom is -0.0651 e. The summed E-state index contributed by atoms with van der Waals surface area (Å²) in [4.78, 5) is 0. The molecule has 3 unspecified atom stereocenters. The van der Waals surface area contributed by atoms with Crippen LogP contribution in [0, 0.1) is 28.6 Å². The zero-order valence-electron chi connectivity index (χ0n) is 15.3. The van der Waals surface area contributed by atoms with Gasteiger partial charge in [0.2, 0.25) is 0 Å². The van der Waals surface area contributed by atoms with Gasteiger partial charge in [-0.1, -0.05) is 88.0 Å². The fraction of sp³-hybridized carbons (Fsp3) is 1.00. The molecule has 0 fully saturated rings. The fourth-order valence-corrected chi connectivity index (χ4v) is 4.02. The maximum atomic E-state index is 2.54. The summed E-state index contributed by atoms with van der Waals surface area (Å²) in [5.74, 6) is 2.43. The Morgan fingerprint density at radius 2 is 1.26 bits per heavy atom. The van der Waals surface area contributed by atoms with Gasteiger partial charge < -0.3 is 0 Å². The average Bonchev–Trinajstić information content (AvgIpc) is 2.42. The maximum absolute atomic E-state index is 2.54. The second-order valence-corrected chi connectivity index (χ2v) is 7.60. The number of rotatable bonds is 9. The smallest absolute Gasteiger partial charge is 0.0272 e. The maximum Gasteiger partial charge on any atom is -0.0272 e. The lowest BCUT2D eigenvalue weighted by Crippen LogP contribution is -2.38. The molecule has 0 aromatic rings. The highest BCUT2D eigenvalue weighted by atomic mass is 14.5. The molecule has 0 N–H and O–H groups in total. The van der Waals surface area contributed by atoms with Gasteiger partial charge in [0, 0.05) is 0 Å². The van der Waals surface area contributed by atoms with Gasteiger partial charge in [-0.3, -0.25) is 0 Å². The Morgan fingerprint density at radius 1 is 0.789 bits per heavy atom. The third-order valence-corrected chi connectivity index (χ3v) is 6.73. The van der Waals surface area contributed by atoms with Crippen LogP contribution in [0.1, 0.15) is 94.4 Å². The summed E-state index contributed by atoms with van der Waals surface area (Å²) in [5.41, 5.74) is 1.03. The molecule has 0 aliphatic rings. The van der Waals surface area contributed by atoms with Crippen molar-refractivity contribution in [1.82, 2.24) is 0 Å². The van der Waals surface area contributed by atoms with E-state index < -0.39 is 0 Å². The highest BCUT2D eigenvalue weighted by Crippen LogP contribution is 2.51. The first-order valence-corrected chi connectivity index (χ1v) is 8.72. The van der Waals surface area contributed by atoms with E-state index in [0.717, 1.165) is 17.8 Å². The van der Waals surface area contributed by atoms with E-state index in [4.69, 9.17) is 0 Å². The first-order chi connectivity index (χ1) is 8.72. The SMILES string of the molecule is CCC(C)C(CC)(CC)CC(C)(CC)C(C)C(C)C. The molecule has 3 atom stereocenters. The highest BCUT2D eigenvalue weighted by Gasteiger charge is 2.41. The van der Waals surface area contributed by atoms with Crippen molar-refractivity contribution < 1.29 is 0 Å². The zero-order chi connectivity index (χ0) is 15.3. The van der Waals surface area contributed by atoms with Gasteiger partial charge in [-0.05, 0) is 35.0 Å². The summed E-state index contributed by atoms with van der Waals surface area (Å²) in [6.07, 6.45) is 6.69. The topological polar surface area (TPSA) is 0 Å². The lowest BCUT2D eigenvalue weighted by Gasteiger charge is -2.48. The molecule has 0 saturated carbocycles. The van der Waals surface area contributed by atoms with Crippen LogP contribution >= 0.6 is 0 Å². The van der Waals surface area contributed by atoms with Gasteiger partial charge in [0.1, 0.15) is 0 Å². The van der Waals surface area contributed by atoms with Crippen LogP contribution in [0.4, 0.5) is 0 Å². The van der Waals surface area contributed by atoms with Crippen LogP contribution < -0.4 is 0 Å². The van der Waals surface area contributed by atoms with E-state index in [-0.39, 0.29) is 0 Å². The van der Waals surface area contributed by atoms with Crippen molar-refractivity contribution in [3.05, 3.63) is 0 Å². The molecule has 0 heteroatoms. The van der Waals surface area contributed by atoms with Gasteiger partial charge >= 0.3 is 0 Å². The molecule has 0 aliphatic heterocycles. The minimum atomic E-state index is 0.490. The molecule has 0 rings (SSSR count). The largest absolute Gasteiger partial charge is 0.0651 e. The number of hydrogen-bond donors (Lipinski definition) is 0. The molecule has 0 aliphatic carbocycles. The van der Waals surface area contributed by atoms with Crippen molar-refractivity contribution in [1.29, 1.82) is 0 Å². The van der Waals surface area contributed by atoms with Gasteiger partial charge in [0.15, 0.2) is 0 Å². The second-order valence-electron chi connectivity index (χ2n) is 7.60. The Labute approximate surface area is 123 Å². The van der Waals surface area contributed by atoms with E-state index in [9.17, 15) is 0 Å². The third-order valence-electron chi connectivity index (χ3n) is 6.73. The lowest BCUT2D eigenvalue weighted by atomic mass is 9.57. The van der Waals surface area contributed by atoms with Crippen LogP contribution in [0.25, 0.3) is 0 Å². The van der Waals surface area contributed by atoms with E-state index in [1.165, 1.54) is 32.1 Å². The van der Waals surface area contributed by atoms with E-state index in [1.807, 2.05) is 0 Å². The van der Waals surface area contributed by atoms with Gasteiger partial charge in [-0.2, -0.15) is 0 Å². The van der Waals surface area contributed by atoms with Crippen molar-refractivity contribution in [2.45, 2.75) is 94.4 Å². The Morgan fingerprint density at radius 3 is 1.53 bits per heavy atom. The van der Waals surface area contributed by atoms with E-state index in [1.54, 1.807) is 0 Å².